The predicted octanol–water partition coefficient (Wildman–Crippen LogP) is 2.88. The normalized spacial score (nSPS) is 18.4. The van der Waals surface area contributed by atoms with Gasteiger partial charge in [-0.2, -0.15) is 0 Å². The highest BCUT2D eigenvalue weighted by Crippen LogP contribution is 2.29. The molecule has 1 aliphatic heterocycles. The fourth-order valence-electron chi connectivity index (χ4n) is 2.63. The van der Waals surface area contributed by atoms with Gasteiger partial charge in [0.15, 0.2) is 5.13 Å². The van der Waals surface area contributed by atoms with Gasteiger partial charge < -0.3 is 4.90 Å². The largest absolute Gasteiger partial charge is 0.344 e. The third-order valence-corrected chi connectivity index (χ3v) is 6.80. The second kappa shape index (κ2) is 5.89. The quantitative estimate of drug-likeness (QED) is 0.861. The first kappa shape index (κ1) is 15.3. The van der Waals surface area contributed by atoms with Gasteiger partial charge in [0.1, 0.15) is 0 Å². The monoisotopic (exact) mass is 337 g/mol. The Morgan fingerprint density at radius 3 is 2.59 bits per heavy atom. The van der Waals surface area contributed by atoms with Gasteiger partial charge in [0.2, 0.25) is 10.0 Å². The maximum Gasteiger partial charge on any atom is 0.235 e. The zero-order chi connectivity index (χ0) is 15.7. The Morgan fingerprint density at radius 1 is 1.32 bits per heavy atom. The summed E-state index contributed by atoms with van der Waals surface area (Å²) in [5.74, 6) is 0.248. The van der Waals surface area contributed by atoms with Crippen LogP contribution in [0.3, 0.4) is 0 Å². The smallest absolute Gasteiger partial charge is 0.235 e. The molecular weight excluding hydrogens is 318 g/mol. The molecule has 1 aliphatic rings. The van der Waals surface area contributed by atoms with Crippen molar-refractivity contribution in [3.8, 4) is 0 Å². The highest BCUT2D eigenvalue weighted by molar-refractivity contribution is 7.93. The first-order valence-electron chi connectivity index (χ1n) is 7.22. The summed E-state index contributed by atoms with van der Waals surface area (Å²) in [6.07, 6.45) is 2.50. The number of benzene rings is 1. The third kappa shape index (κ3) is 2.83. The van der Waals surface area contributed by atoms with Crippen molar-refractivity contribution in [2.24, 2.45) is 0 Å². The first-order chi connectivity index (χ1) is 10.5. The summed E-state index contributed by atoms with van der Waals surface area (Å²) >= 11 is 1.60. The van der Waals surface area contributed by atoms with Crippen LogP contribution in [0, 0.1) is 0 Å². The molecule has 0 amide bonds. The fourth-order valence-corrected chi connectivity index (χ4v) is 4.88. The highest BCUT2D eigenvalue weighted by atomic mass is 32.2. The van der Waals surface area contributed by atoms with E-state index in [0.717, 1.165) is 16.4 Å². The lowest BCUT2D eigenvalue weighted by atomic mass is 10.1. The third-order valence-electron chi connectivity index (χ3n) is 4.06. The van der Waals surface area contributed by atoms with Crippen LogP contribution >= 0.6 is 11.3 Å². The van der Waals surface area contributed by atoms with Crippen molar-refractivity contribution in [2.75, 3.05) is 28.6 Å². The van der Waals surface area contributed by atoms with Gasteiger partial charge in [-0.05, 0) is 31.0 Å². The van der Waals surface area contributed by atoms with E-state index in [-0.39, 0.29) is 11.8 Å². The maximum absolute atomic E-state index is 12.0. The summed E-state index contributed by atoms with van der Waals surface area (Å²) < 4.78 is 25.4. The Kier molecular flexibility index (Phi) is 4.10. The van der Waals surface area contributed by atoms with Crippen molar-refractivity contribution < 1.29 is 8.42 Å². The fraction of sp³-hybridized carbons (Fsp3) is 0.400. The summed E-state index contributed by atoms with van der Waals surface area (Å²) in [6.45, 7) is 2.69. The molecule has 2 heterocycles. The molecule has 1 fully saturated rings. The van der Waals surface area contributed by atoms with E-state index in [9.17, 15) is 8.42 Å². The van der Waals surface area contributed by atoms with Crippen molar-refractivity contribution in [2.45, 2.75) is 19.4 Å². The van der Waals surface area contributed by atoms with E-state index in [1.807, 2.05) is 36.7 Å². The molecule has 5 nitrogen and oxygen atoms in total. The molecule has 0 saturated carbocycles. The van der Waals surface area contributed by atoms with Gasteiger partial charge in [-0.3, -0.25) is 4.31 Å². The van der Waals surface area contributed by atoms with Crippen LogP contribution in [-0.2, 0) is 10.0 Å². The zero-order valence-electron chi connectivity index (χ0n) is 12.6. The minimum absolute atomic E-state index is 0.176. The van der Waals surface area contributed by atoms with Gasteiger partial charge in [0, 0.05) is 25.2 Å². The summed E-state index contributed by atoms with van der Waals surface area (Å²) in [5, 5.41) is 2.93. The van der Waals surface area contributed by atoms with Crippen LogP contribution in [0.25, 0.3) is 0 Å². The van der Waals surface area contributed by atoms with E-state index in [1.54, 1.807) is 17.5 Å². The molecule has 0 bridgehead atoms. The SMILES string of the molecule is CC(c1ccc(N2CCCS2(=O)=O)cc1)N(C)c1nccs1. The van der Waals surface area contributed by atoms with Crippen LogP contribution in [0.4, 0.5) is 10.8 Å². The number of rotatable bonds is 4. The lowest BCUT2D eigenvalue weighted by molar-refractivity contribution is 0.599. The number of anilines is 2. The Bertz CT molecular complexity index is 727. The molecule has 0 aliphatic carbocycles. The Morgan fingerprint density at radius 2 is 2.05 bits per heavy atom. The maximum atomic E-state index is 12.0. The highest BCUT2D eigenvalue weighted by Gasteiger charge is 2.28. The van der Waals surface area contributed by atoms with Crippen molar-refractivity contribution in [1.29, 1.82) is 0 Å². The van der Waals surface area contributed by atoms with E-state index < -0.39 is 10.0 Å². The molecule has 0 spiro atoms. The summed E-state index contributed by atoms with van der Waals surface area (Å²) in [5.41, 5.74) is 1.89. The van der Waals surface area contributed by atoms with Crippen molar-refractivity contribution >= 4 is 32.2 Å². The number of aromatic nitrogens is 1. The van der Waals surface area contributed by atoms with Gasteiger partial charge in [0.25, 0.3) is 0 Å². The van der Waals surface area contributed by atoms with Crippen LogP contribution in [0.1, 0.15) is 24.9 Å². The molecular formula is C15H19N3O2S2. The molecule has 22 heavy (non-hydrogen) atoms. The standard InChI is InChI=1S/C15H19N3O2S2/c1-12(17(2)15-16-8-10-21-15)13-4-6-14(7-5-13)18-9-3-11-22(18,19)20/h4-8,10,12H,3,9,11H2,1-2H3. The number of hydrogen-bond acceptors (Lipinski definition) is 5. The second-order valence-corrected chi connectivity index (χ2v) is 8.32. The molecule has 3 rings (SSSR count). The Hall–Kier alpha value is -1.60. The lowest BCUT2D eigenvalue weighted by Crippen LogP contribution is -2.25. The minimum Gasteiger partial charge on any atom is -0.344 e. The summed E-state index contributed by atoms with van der Waals surface area (Å²) in [6, 6.07) is 7.96. The molecule has 2 aromatic rings. The molecule has 1 atom stereocenters. The van der Waals surface area contributed by atoms with Crippen LogP contribution in [-0.4, -0.2) is 32.7 Å². The van der Waals surface area contributed by atoms with Gasteiger partial charge >= 0.3 is 0 Å². The average molecular weight is 337 g/mol. The molecule has 1 saturated heterocycles. The molecule has 7 heteroatoms. The summed E-state index contributed by atoms with van der Waals surface area (Å²) in [4.78, 5) is 6.44. The number of sulfonamides is 1. The minimum atomic E-state index is -3.11. The molecule has 1 unspecified atom stereocenters. The molecule has 1 aromatic heterocycles. The number of hydrogen-bond donors (Lipinski definition) is 0. The van der Waals surface area contributed by atoms with E-state index in [0.29, 0.717) is 13.0 Å². The molecule has 118 valence electrons. The van der Waals surface area contributed by atoms with Gasteiger partial charge in [-0.25, -0.2) is 13.4 Å². The summed E-state index contributed by atoms with van der Waals surface area (Å²) in [7, 11) is -1.09. The van der Waals surface area contributed by atoms with E-state index in [2.05, 4.69) is 16.8 Å². The van der Waals surface area contributed by atoms with Crippen LogP contribution in [0.15, 0.2) is 35.8 Å². The predicted molar refractivity (Wildman–Crippen MR) is 91.1 cm³/mol. The Labute approximate surface area is 135 Å². The van der Waals surface area contributed by atoms with E-state index in [1.165, 1.54) is 4.31 Å². The zero-order valence-corrected chi connectivity index (χ0v) is 14.3. The topological polar surface area (TPSA) is 53.5 Å². The number of thiazole rings is 1. The van der Waals surface area contributed by atoms with Crippen molar-refractivity contribution in [3.63, 3.8) is 0 Å². The number of nitrogens with zero attached hydrogens (tertiary/aromatic N) is 3. The van der Waals surface area contributed by atoms with Crippen molar-refractivity contribution in [3.05, 3.63) is 41.4 Å². The van der Waals surface area contributed by atoms with Gasteiger partial charge in [-0.1, -0.05) is 12.1 Å². The Balaban J connectivity index is 1.79. The van der Waals surface area contributed by atoms with E-state index in [4.69, 9.17) is 0 Å². The van der Waals surface area contributed by atoms with Crippen LogP contribution in [0.5, 0.6) is 0 Å². The van der Waals surface area contributed by atoms with E-state index >= 15 is 0 Å². The first-order valence-corrected chi connectivity index (χ1v) is 9.70. The second-order valence-electron chi connectivity index (χ2n) is 5.43. The molecule has 0 radical (unpaired) electrons. The van der Waals surface area contributed by atoms with Gasteiger partial charge in [0.05, 0.1) is 17.5 Å². The van der Waals surface area contributed by atoms with Crippen LogP contribution in [0.2, 0.25) is 0 Å². The van der Waals surface area contributed by atoms with Crippen LogP contribution < -0.4 is 9.21 Å². The average Bonchev–Trinajstić information content (AvgIpc) is 3.15. The van der Waals surface area contributed by atoms with Crippen molar-refractivity contribution in [1.82, 2.24) is 4.98 Å². The molecule has 0 N–H and O–H groups in total. The molecule has 1 aromatic carbocycles. The van der Waals surface area contributed by atoms with Gasteiger partial charge in [-0.15, -0.1) is 11.3 Å². The lowest BCUT2D eigenvalue weighted by Gasteiger charge is -2.25.